The van der Waals surface area contributed by atoms with Crippen molar-refractivity contribution in [1.29, 1.82) is 0 Å². The molecule has 4 N–H and O–H groups in total. The molecule has 0 saturated heterocycles. The highest BCUT2D eigenvalue weighted by molar-refractivity contribution is 5.94. The Morgan fingerprint density at radius 1 is 1.07 bits per heavy atom. The zero-order valence-electron chi connectivity index (χ0n) is 8.73. The van der Waals surface area contributed by atoms with E-state index in [1.807, 2.05) is 18.2 Å². The van der Waals surface area contributed by atoms with Gasteiger partial charge in [-0.25, -0.2) is 0 Å². The average Bonchev–Trinajstić information content (AvgIpc) is 2.29. The number of rotatable bonds is 5. The summed E-state index contributed by atoms with van der Waals surface area (Å²) < 4.78 is 0. The first kappa shape index (κ1) is 11.7. The molecule has 0 heterocycles. The number of carbonyl (C=O) groups is 1. The normalized spacial score (nSPS) is 10.0. The van der Waals surface area contributed by atoms with Crippen molar-refractivity contribution in [1.82, 2.24) is 4.90 Å². The lowest BCUT2D eigenvalue weighted by molar-refractivity contribution is 0.0765. The molecular weight excluding hydrogens is 190 g/mol. The summed E-state index contributed by atoms with van der Waals surface area (Å²) in [5.41, 5.74) is 11.6. The van der Waals surface area contributed by atoms with Crippen LogP contribution in [0.25, 0.3) is 0 Å². The lowest BCUT2D eigenvalue weighted by atomic mass is 10.2. The highest BCUT2D eigenvalue weighted by atomic mass is 16.2. The molecule has 0 fully saturated rings. The van der Waals surface area contributed by atoms with Crippen LogP contribution in [0.5, 0.6) is 0 Å². The maximum absolute atomic E-state index is 11.9. The summed E-state index contributed by atoms with van der Waals surface area (Å²) in [6.45, 7) is 2.01. The Balaban J connectivity index is 2.71. The number of nitrogens with zero attached hydrogens (tertiary/aromatic N) is 1. The number of hydrogen-bond acceptors (Lipinski definition) is 3. The molecule has 0 aliphatic carbocycles. The van der Waals surface area contributed by atoms with Gasteiger partial charge in [0.25, 0.3) is 5.91 Å². The van der Waals surface area contributed by atoms with Gasteiger partial charge in [-0.3, -0.25) is 4.79 Å². The van der Waals surface area contributed by atoms with E-state index in [9.17, 15) is 4.79 Å². The van der Waals surface area contributed by atoms with Crippen LogP contribution in [0.4, 0.5) is 0 Å². The van der Waals surface area contributed by atoms with Gasteiger partial charge in [0.2, 0.25) is 0 Å². The van der Waals surface area contributed by atoms with E-state index in [1.54, 1.807) is 17.0 Å². The molecule has 82 valence electrons. The third kappa shape index (κ3) is 3.34. The monoisotopic (exact) mass is 207 g/mol. The van der Waals surface area contributed by atoms with Crippen molar-refractivity contribution >= 4 is 5.91 Å². The number of benzene rings is 1. The van der Waals surface area contributed by atoms with Crippen LogP contribution in [0, 0.1) is 0 Å². The minimum Gasteiger partial charge on any atom is -0.336 e. The Labute approximate surface area is 89.9 Å². The van der Waals surface area contributed by atoms with Crippen LogP contribution in [0.1, 0.15) is 10.4 Å². The second kappa shape index (κ2) is 6.16. The molecule has 1 rings (SSSR count). The molecule has 0 radical (unpaired) electrons. The third-order valence-electron chi connectivity index (χ3n) is 2.11. The van der Waals surface area contributed by atoms with Crippen LogP contribution in [0.2, 0.25) is 0 Å². The van der Waals surface area contributed by atoms with Crippen LogP contribution >= 0.6 is 0 Å². The molecule has 0 aliphatic heterocycles. The van der Waals surface area contributed by atoms with Crippen LogP contribution in [-0.4, -0.2) is 37.0 Å². The highest BCUT2D eigenvalue weighted by Crippen LogP contribution is 2.03. The highest BCUT2D eigenvalue weighted by Gasteiger charge is 2.13. The number of amides is 1. The molecule has 1 amide bonds. The Morgan fingerprint density at radius 2 is 1.60 bits per heavy atom. The van der Waals surface area contributed by atoms with E-state index in [-0.39, 0.29) is 5.91 Å². The molecule has 0 spiro atoms. The van der Waals surface area contributed by atoms with E-state index in [0.717, 1.165) is 0 Å². The van der Waals surface area contributed by atoms with Gasteiger partial charge in [0.05, 0.1) is 0 Å². The largest absolute Gasteiger partial charge is 0.336 e. The third-order valence-corrected chi connectivity index (χ3v) is 2.11. The zero-order chi connectivity index (χ0) is 11.1. The second-order valence-electron chi connectivity index (χ2n) is 3.24. The molecule has 4 heteroatoms. The summed E-state index contributed by atoms with van der Waals surface area (Å²) >= 11 is 0. The number of hydrogen-bond donors (Lipinski definition) is 2. The predicted octanol–water partition coefficient (Wildman–Crippen LogP) is 0.0462. The average molecular weight is 207 g/mol. The molecule has 15 heavy (non-hydrogen) atoms. The summed E-state index contributed by atoms with van der Waals surface area (Å²) in [6, 6.07) is 9.16. The SMILES string of the molecule is NCCN(CCN)C(=O)c1ccccc1. The van der Waals surface area contributed by atoms with Crippen molar-refractivity contribution in [2.45, 2.75) is 0 Å². The van der Waals surface area contributed by atoms with E-state index >= 15 is 0 Å². The van der Waals surface area contributed by atoms with Gasteiger partial charge in [-0.2, -0.15) is 0 Å². The predicted molar refractivity (Wildman–Crippen MR) is 60.5 cm³/mol. The molecule has 0 saturated carbocycles. The van der Waals surface area contributed by atoms with Crippen molar-refractivity contribution in [3.8, 4) is 0 Å². The number of carbonyl (C=O) groups excluding carboxylic acids is 1. The van der Waals surface area contributed by atoms with Crippen LogP contribution in [-0.2, 0) is 0 Å². The summed E-state index contributed by atoms with van der Waals surface area (Å²) in [7, 11) is 0. The van der Waals surface area contributed by atoms with E-state index in [1.165, 1.54) is 0 Å². The van der Waals surface area contributed by atoms with Crippen LogP contribution in [0.3, 0.4) is 0 Å². The van der Waals surface area contributed by atoms with Crippen molar-refractivity contribution in [2.24, 2.45) is 11.5 Å². The van der Waals surface area contributed by atoms with Gasteiger partial charge in [-0.1, -0.05) is 18.2 Å². The molecule has 0 unspecified atom stereocenters. The lowest BCUT2D eigenvalue weighted by Gasteiger charge is -2.21. The summed E-state index contributed by atoms with van der Waals surface area (Å²) in [6.07, 6.45) is 0. The standard InChI is InChI=1S/C11H17N3O/c12-6-8-14(9-7-13)11(15)10-4-2-1-3-5-10/h1-5H,6-9,12-13H2. The maximum Gasteiger partial charge on any atom is 0.253 e. The Kier molecular flexibility index (Phi) is 4.80. The van der Waals surface area contributed by atoms with Gasteiger partial charge in [0.15, 0.2) is 0 Å². The molecule has 4 nitrogen and oxygen atoms in total. The fourth-order valence-electron chi connectivity index (χ4n) is 1.39. The molecule has 0 aromatic heterocycles. The quantitative estimate of drug-likeness (QED) is 0.716. The van der Waals surface area contributed by atoms with E-state index in [4.69, 9.17) is 11.5 Å². The van der Waals surface area contributed by atoms with Crippen molar-refractivity contribution in [3.63, 3.8) is 0 Å². The first-order valence-corrected chi connectivity index (χ1v) is 5.04. The van der Waals surface area contributed by atoms with Gasteiger partial charge >= 0.3 is 0 Å². The minimum absolute atomic E-state index is 0.00787. The van der Waals surface area contributed by atoms with Gasteiger partial charge in [0, 0.05) is 31.7 Å². The van der Waals surface area contributed by atoms with Crippen LogP contribution in [0.15, 0.2) is 30.3 Å². The summed E-state index contributed by atoms with van der Waals surface area (Å²) in [5, 5.41) is 0. The van der Waals surface area contributed by atoms with Gasteiger partial charge in [-0.15, -0.1) is 0 Å². The molecule has 0 bridgehead atoms. The molecule has 0 atom stereocenters. The fraction of sp³-hybridized carbons (Fsp3) is 0.364. The molecule has 1 aromatic rings. The first-order chi connectivity index (χ1) is 7.29. The number of nitrogens with two attached hydrogens (primary N) is 2. The molecular formula is C11H17N3O. The summed E-state index contributed by atoms with van der Waals surface area (Å²) in [4.78, 5) is 13.6. The molecule has 1 aromatic carbocycles. The first-order valence-electron chi connectivity index (χ1n) is 5.04. The van der Waals surface area contributed by atoms with Crippen molar-refractivity contribution in [3.05, 3.63) is 35.9 Å². The Morgan fingerprint density at radius 3 is 2.07 bits per heavy atom. The van der Waals surface area contributed by atoms with Crippen LogP contribution < -0.4 is 11.5 Å². The van der Waals surface area contributed by atoms with Gasteiger partial charge in [-0.05, 0) is 12.1 Å². The molecule has 0 aliphatic rings. The van der Waals surface area contributed by atoms with Crippen molar-refractivity contribution in [2.75, 3.05) is 26.2 Å². The van der Waals surface area contributed by atoms with E-state index < -0.39 is 0 Å². The van der Waals surface area contributed by atoms with Gasteiger partial charge < -0.3 is 16.4 Å². The topological polar surface area (TPSA) is 72.3 Å². The Bertz CT molecular complexity index is 294. The van der Waals surface area contributed by atoms with Crippen molar-refractivity contribution < 1.29 is 4.79 Å². The fourth-order valence-corrected chi connectivity index (χ4v) is 1.39. The van der Waals surface area contributed by atoms with E-state index in [0.29, 0.717) is 31.7 Å². The smallest absolute Gasteiger partial charge is 0.253 e. The van der Waals surface area contributed by atoms with Gasteiger partial charge in [0.1, 0.15) is 0 Å². The summed E-state index contributed by atoms with van der Waals surface area (Å²) in [5.74, 6) is -0.00787. The minimum atomic E-state index is -0.00787. The zero-order valence-corrected chi connectivity index (χ0v) is 8.73. The maximum atomic E-state index is 11.9. The van der Waals surface area contributed by atoms with E-state index in [2.05, 4.69) is 0 Å². The second-order valence-corrected chi connectivity index (χ2v) is 3.24. The Hall–Kier alpha value is -1.39. The lowest BCUT2D eigenvalue weighted by Crippen LogP contribution is -2.38.